The van der Waals surface area contributed by atoms with Crippen LogP contribution in [0.2, 0.25) is 0 Å². The number of hydrogen-bond donors (Lipinski definition) is 1. The number of carbonyl (C=O) groups is 1. The number of ether oxygens (including phenoxy) is 2. The van der Waals surface area contributed by atoms with Gasteiger partial charge in [0.05, 0.1) is 23.7 Å². The van der Waals surface area contributed by atoms with Gasteiger partial charge in [-0.2, -0.15) is 0 Å². The molecule has 2 heterocycles. The average Bonchev–Trinajstić information content (AvgIpc) is 2.66. The second kappa shape index (κ2) is 4.00. The first-order valence-electron chi connectivity index (χ1n) is 6.23. The van der Waals surface area contributed by atoms with Crippen molar-refractivity contribution in [1.29, 1.82) is 0 Å². The zero-order valence-corrected chi connectivity index (χ0v) is 11.1. The number of nitrogens with zero attached hydrogens (tertiary/aromatic N) is 1. The summed E-state index contributed by atoms with van der Waals surface area (Å²) < 4.78 is 11.3. The summed E-state index contributed by atoms with van der Waals surface area (Å²) in [6, 6.07) is 4.47. The van der Waals surface area contributed by atoms with E-state index in [4.69, 9.17) is 9.47 Å². The highest BCUT2D eigenvalue weighted by Crippen LogP contribution is 2.47. The highest BCUT2D eigenvalue weighted by molar-refractivity contribution is 6.06. The SMILES string of the molecule is CC1(C)COC2(OC1)C(=O)Nc1c([N+](=O)[O-])cccc12. The molecule has 20 heavy (non-hydrogen) atoms. The van der Waals surface area contributed by atoms with E-state index in [-0.39, 0.29) is 16.8 Å². The Kier molecular flexibility index (Phi) is 2.60. The molecule has 2 aliphatic heterocycles. The lowest BCUT2D eigenvalue weighted by Crippen LogP contribution is -2.49. The van der Waals surface area contributed by atoms with Crippen molar-refractivity contribution in [2.75, 3.05) is 18.5 Å². The molecule has 0 atom stereocenters. The molecular weight excluding hydrogens is 264 g/mol. The normalized spacial score (nSPS) is 22.4. The molecule has 1 aromatic rings. The predicted molar refractivity (Wildman–Crippen MR) is 69.1 cm³/mol. The number of para-hydroxylation sites is 1. The van der Waals surface area contributed by atoms with Crippen LogP contribution in [0.1, 0.15) is 19.4 Å². The van der Waals surface area contributed by atoms with Crippen LogP contribution in [0.15, 0.2) is 18.2 Å². The molecule has 0 radical (unpaired) electrons. The minimum Gasteiger partial charge on any atom is -0.338 e. The zero-order chi connectivity index (χ0) is 14.5. The van der Waals surface area contributed by atoms with Crippen molar-refractivity contribution in [3.05, 3.63) is 33.9 Å². The molecule has 1 aromatic carbocycles. The largest absolute Gasteiger partial charge is 0.338 e. The number of rotatable bonds is 1. The third-order valence-corrected chi connectivity index (χ3v) is 3.46. The molecule has 0 unspecified atom stereocenters. The quantitative estimate of drug-likeness (QED) is 0.624. The first kappa shape index (κ1) is 13.0. The zero-order valence-electron chi connectivity index (χ0n) is 11.1. The standard InChI is InChI=1S/C13H14N2O5/c1-12(2)6-19-13(20-7-12)8-4-3-5-9(15(17)18)10(8)14-11(13)16/h3-5H,6-7H2,1-2H3,(H,14,16). The average molecular weight is 278 g/mol. The van der Waals surface area contributed by atoms with Gasteiger partial charge in [-0.15, -0.1) is 0 Å². The maximum Gasteiger partial charge on any atom is 0.293 e. The van der Waals surface area contributed by atoms with Crippen LogP contribution in [0, 0.1) is 15.5 Å². The van der Waals surface area contributed by atoms with Gasteiger partial charge in [0, 0.05) is 11.5 Å². The van der Waals surface area contributed by atoms with Gasteiger partial charge in [0.2, 0.25) is 0 Å². The molecule has 1 amide bonds. The van der Waals surface area contributed by atoms with Crippen molar-refractivity contribution in [2.24, 2.45) is 5.41 Å². The third-order valence-electron chi connectivity index (χ3n) is 3.46. The Morgan fingerprint density at radius 1 is 1.30 bits per heavy atom. The van der Waals surface area contributed by atoms with Gasteiger partial charge in [-0.05, 0) is 0 Å². The van der Waals surface area contributed by atoms with Gasteiger partial charge in [0.15, 0.2) is 0 Å². The van der Waals surface area contributed by atoms with Crippen molar-refractivity contribution >= 4 is 17.3 Å². The van der Waals surface area contributed by atoms with E-state index in [1.165, 1.54) is 12.1 Å². The molecule has 1 fully saturated rings. The van der Waals surface area contributed by atoms with Gasteiger partial charge >= 0.3 is 0 Å². The van der Waals surface area contributed by atoms with Gasteiger partial charge in [-0.3, -0.25) is 14.9 Å². The number of fused-ring (bicyclic) bond motifs is 2. The van der Waals surface area contributed by atoms with E-state index in [1.54, 1.807) is 6.07 Å². The van der Waals surface area contributed by atoms with E-state index >= 15 is 0 Å². The minimum atomic E-state index is -1.56. The summed E-state index contributed by atoms with van der Waals surface area (Å²) in [4.78, 5) is 22.7. The number of carbonyl (C=O) groups excluding carboxylic acids is 1. The fraction of sp³-hybridized carbons (Fsp3) is 0.462. The summed E-state index contributed by atoms with van der Waals surface area (Å²) in [5.41, 5.74) is 0.161. The highest BCUT2D eigenvalue weighted by atomic mass is 16.7. The van der Waals surface area contributed by atoms with Crippen molar-refractivity contribution in [2.45, 2.75) is 19.6 Å². The molecular formula is C13H14N2O5. The summed E-state index contributed by atoms with van der Waals surface area (Å²) in [6.45, 7) is 4.59. The molecule has 106 valence electrons. The second-order valence-corrected chi connectivity index (χ2v) is 5.77. The molecule has 1 saturated heterocycles. The van der Waals surface area contributed by atoms with Crippen LogP contribution in [-0.2, 0) is 20.1 Å². The molecule has 7 nitrogen and oxygen atoms in total. The second-order valence-electron chi connectivity index (χ2n) is 5.77. The maximum absolute atomic E-state index is 12.2. The smallest absolute Gasteiger partial charge is 0.293 e. The van der Waals surface area contributed by atoms with Crippen LogP contribution in [0.25, 0.3) is 0 Å². The first-order chi connectivity index (χ1) is 9.36. The number of benzene rings is 1. The summed E-state index contributed by atoms with van der Waals surface area (Å²) >= 11 is 0. The molecule has 0 saturated carbocycles. The van der Waals surface area contributed by atoms with E-state index in [9.17, 15) is 14.9 Å². The number of nitro groups is 1. The van der Waals surface area contributed by atoms with Crippen LogP contribution < -0.4 is 5.32 Å². The summed E-state index contributed by atoms with van der Waals surface area (Å²) in [6.07, 6.45) is 0. The number of anilines is 1. The van der Waals surface area contributed by atoms with Crippen molar-refractivity contribution < 1.29 is 19.2 Å². The Hall–Kier alpha value is -1.99. The summed E-state index contributed by atoms with van der Waals surface area (Å²) in [5.74, 6) is -2.08. The maximum atomic E-state index is 12.2. The van der Waals surface area contributed by atoms with E-state index in [2.05, 4.69) is 5.32 Å². The highest BCUT2D eigenvalue weighted by Gasteiger charge is 2.55. The van der Waals surface area contributed by atoms with Crippen LogP contribution >= 0.6 is 0 Å². The molecule has 1 spiro atoms. The van der Waals surface area contributed by atoms with E-state index in [0.717, 1.165) is 0 Å². The lowest BCUT2D eigenvalue weighted by Gasteiger charge is -2.39. The Labute approximate surface area is 115 Å². The Bertz CT molecular complexity index is 601. The molecule has 3 rings (SSSR count). The molecule has 1 N–H and O–H groups in total. The van der Waals surface area contributed by atoms with E-state index < -0.39 is 16.6 Å². The minimum absolute atomic E-state index is 0.155. The number of nitro benzene ring substituents is 1. The fourth-order valence-electron chi connectivity index (χ4n) is 2.38. The van der Waals surface area contributed by atoms with Gasteiger partial charge in [-0.25, -0.2) is 0 Å². The van der Waals surface area contributed by atoms with E-state index in [1.807, 2.05) is 13.8 Å². The van der Waals surface area contributed by atoms with Gasteiger partial charge in [0.1, 0.15) is 5.69 Å². The molecule has 0 bridgehead atoms. The number of nitrogens with one attached hydrogen (secondary N) is 1. The molecule has 7 heteroatoms. The third kappa shape index (κ3) is 1.70. The Morgan fingerprint density at radius 2 is 1.95 bits per heavy atom. The van der Waals surface area contributed by atoms with Crippen LogP contribution in [0.4, 0.5) is 11.4 Å². The number of amides is 1. The van der Waals surface area contributed by atoms with Crippen molar-refractivity contribution in [1.82, 2.24) is 0 Å². The van der Waals surface area contributed by atoms with Crippen molar-refractivity contribution in [3.63, 3.8) is 0 Å². The molecule has 0 aliphatic carbocycles. The molecule has 2 aliphatic rings. The first-order valence-corrected chi connectivity index (χ1v) is 6.23. The van der Waals surface area contributed by atoms with Gasteiger partial charge in [-0.1, -0.05) is 26.0 Å². The summed E-state index contributed by atoms with van der Waals surface area (Å²) in [5, 5.41) is 13.5. The fourth-order valence-corrected chi connectivity index (χ4v) is 2.38. The predicted octanol–water partition coefficient (Wildman–Crippen LogP) is 1.77. The molecule has 0 aromatic heterocycles. The van der Waals surface area contributed by atoms with Crippen LogP contribution in [0.3, 0.4) is 0 Å². The monoisotopic (exact) mass is 278 g/mol. The topological polar surface area (TPSA) is 90.7 Å². The van der Waals surface area contributed by atoms with Crippen molar-refractivity contribution in [3.8, 4) is 0 Å². The van der Waals surface area contributed by atoms with Gasteiger partial charge < -0.3 is 14.8 Å². The Morgan fingerprint density at radius 3 is 2.55 bits per heavy atom. The number of hydrogen-bond acceptors (Lipinski definition) is 5. The van der Waals surface area contributed by atoms with Gasteiger partial charge in [0.25, 0.3) is 17.4 Å². The lowest BCUT2D eigenvalue weighted by molar-refractivity contribution is -0.384. The Balaban J connectivity index is 2.08. The van der Waals surface area contributed by atoms with Crippen LogP contribution in [0.5, 0.6) is 0 Å². The lowest BCUT2D eigenvalue weighted by atomic mass is 9.93. The van der Waals surface area contributed by atoms with Crippen LogP contribution in [-0.4, -0.2) is 24.0 Å². The van der Waals surface area contributed by atoms with E-state index in [0.29, 0.717) is 18.8 Å². The summed E-state index contributed by atoms with van der Waals surface area (Å²) in [7, 11) is 0.